The van der Waals surface area contributed by atoms with Crippen molar-refractivity contribution in [3.8, 4) is 12.3 Å². The van der Waals surface area contributed by atoms with Crippen LogP contribution < -0.4 is 5.73 Å². The molecule has 1 aromatic rings. The van der Waals surface area contributed by atoms with Crippen molar-refractivity contribution in [3.63, 3.8) is 0 Å². The molecule has 0 aliphatic heterocycles. The summed E-state index contributed by atoms with van der Waals surface area (Å²) < 4.78 is 0. The van der Waals surface area contributed by atoms with Crippen molar-refractivity contribution >= 4 is 11.6 Å². The lowest BCUT2D eigenvalue weighted by Crippen LogP contribution is -1.97. The summed E-state index contributed by atoms with van der Waals surface area (Å²) >= 11 is 5.80. The Hall–Kier alpha value is -0.970. The Kier molecular flexibility index (Phi) is 2.53. The van der Waals surface area contributed by atoms with Crippen molar-refractivity contribution in [2.45, 2.75) is 6.54 Å². The highest BCUT2D eigenvalue weighted by Gasteiger charge is 1.97. The number of halogens is 1. The van der Waals surface area contributed by atoms with Gasteiger partial charge in [-0.1, -0.05) is 17.5 Å². The largest absolute Gasteiger partial charge is 0.326 e. The molecule has 0 spiro atoms. The Labute approximate surface area is 71.2 Å². The van der Waals surface area contributed by atoms with Crippen LogP contribution in [0.1, 0.15) is 11.1 Å². The minimum atomic E-state index is 0.425. The number of nitrogens with two attached hydrogens (primary N) is 1. The second-order valence-electron chi connectivity index (χ2n) is 2.15. The standard InChI is InChI=1S/C9H8ClN/c1-2-7-3-4-9(10)8(5-7)6-11/h1,3-5H,6,11H2. The molecule has 0 bridgehead atoms. The molecule has 56 valence electrons. The molecule has 0 aromatic heterocycles. The van der Waals surface area contributed by atoms with Crippen molar-refractivity contribution in [1.29, 1.82) is 0 Å². The predicted molar refractivity (Wildman–Crippen MR) is 47.3 cm³/mol. The first-order valence-corrected chi connectivity index (χ1v) is 3.61. The molecule has 1 aromatic carbocycles. The number of rotatable bonds is 1. The molecule has 2 heteroatoms. The van der Waals surface area contributed by atoms with Gasteiger partial charge in [0.2, 0.25) is 0 Å². The molecule has 0 aliphatic rings. The van der Waals surface area contributed by atoms with Gasteiger partial charge in [-0.25, -0.2) is 0 Å². The maximum Gasteiger partial charge on any atom is 0.0451 e. The molecule has 0 unspecified atom stereocenters. The molecule has 0 amide bonds. The van der Waals surface area contributed by atoms with Crippen LogP contribution in [-0.4, -0.2) is 0 Å². The van der Waals surface area contributed by atoms with E-state index in [0.29, 0.717) is 11.6 Å². The second-order valence-corrected chi connectivity index (χ2v) is 2.56. The van der Waals surface area contributed by atoms with Gasteiger partial charge in [-0.05, 0) is 23.8 Å². The van der Waals surface area contributed by atoms with Crippen LogP contribution in [0, 0.1) is 12.3 Å². The fraction of sp³-hybridized carbons (Fsp3) is 0.111. The Morgan fingerprint density at radius 2 is 2.27 bits per heavy atom. The summed E-state index contributed by atoms with van der Waals surface area (Å²) in [5, 5.41) is 0.673. The van der Waals surface area contributed by atoms with E-state index in [1.165, 1.54) is 0 Å². The van der Waals surface area contributed by atoms with Crippen molar-refractivity contribution in [1.82, 2.24) is 0 Å². The topological polar surface area (TPSA) is 26.0 Å². The summed E-state index contributed by atoms with van der Waals surface area (Å²) in [4.78, 5) is 0. The third kappa shape index (κ3) is 1.74. The molecule has 0 heterocycles. The third-order valence-electron chi connectivity index (χ3n) is 1.43. The predicted octanol–water partition coefficient (Wildman–Crippen LogP) is 1.78. The Balaban J connectivity index is 3.15. The molecule has 0 atom stereocenters. The summed E-state index contributed by atoms with van der Waals surface area (Å²) in [6, 6.07) is 5.38. The van der Waals surface area contributed by atoms with Crippen LogP contribution in [0.15, 0.2) is 18.2 Å². The summed E-state index contributed by atoms with van der Waals surface area (Å²) in [5.41, 5.74) is 7.13. The van der Waals surface area contributed by atoms with Gasteiger partial charge in [0, 0.05) is 17.1 Å². The lowest BCUT2D eigenvalue weighted by molar-refractivity contribution is 1.07. The van der Waals surface area contributed by atoms with E-state index in [1.807, 2.05) is 6.07 Å². The Bertz CT molecular complexity index is 299. The van der Waals surface area contributed by atoms with Crippen molar-refractivity contribution in [3.05, 3.63) is 34.3 Å². The zero-order valence-electron chi connectivity index (χ0n) is 5.97. The van der Waals surface area contributed by atoms with Gasteiger partial charge in [-0.15, -0.1) is 6.42 Å². The highest BCUT2D eigenvalue weighted by atomic mass is 35.5. The monoisotopic (exact) mass is 165 g/mol. The second kappa shape index (κ2) is 3.43. The van der Waals surface area contributed by atoms with Gasteiger partial charge in [0.25, 0.3) is 0 Å². The minimum Gasteiger partial charge on any atom is -0.326 e. The van der Waals surface area contributed by atoms with E-state index in [1.54, 1.807) is 12.1 Å². The molecule has 1 rings (SSSR count). The van der Waals surface area contributed by atoms with E-state index >= 15 is 0 Å². The first-order chi connectivity index (χ1) is 5.27. The molecule has 2 N–H and O–H groups in total. The smallest absolute Gasteiger partial charge is 0.0451 e. The summed E-state index contributed by atoms with van der Waals surface area (Å²) in [5.74, 6) is 2.51. The van der Waals surface area contributed by atoms with Gasteiger partial charge >= 0.3 is 0 Å². The first kappa shape index (κ1) is 8.13. The molecule has 1 nitrogen and oxygen atoms in total. The molecule has 11 heavy (non-hydrogen) atoms. The van der Waals surface area contributed by atoms with Gasteiger partial charge in [0.05, 0.1) is 0 Å². The van der Waals surface area contributed by atoms with E-state index in [-0.39, 0.29) is 0 Å². The molecule has 0 radical (unpaired) electrons. The van der Waals surface area contributed by atoms with Gasteiger partial charge in [-0.2, -0.15) is 0 Å². The number of hydrogen-bond acceptors (Lipinski definition) is 1. The molecule has 0 saturated heterocycles. The maximum absolute atomic E-state index is 5.80. The van der Waals surface area contributed by atoms with Crippen LogP contribution in [0.25, 0.3) is 0 Å². The van der Waals surface area contributed by atoms with E-state index in [4.69, 9.17) is 23.8 Å². The number of hydrogen-bond donors (Lipinski definition) is 1. The molecule has 0 fully saturated rings. The minimum absolute atomic E-state index is 0.425. The van der Waals surface area contributed by atoms with Gasteiger partial charge in [0.15, 0.2) is 0 Å². The lowest BCUT2D eigenvalue weighted by atomic mass is 10.1. The summed E-state index contributed by atoms with van der Waals surface area (Å²) in [6.07, 6.45) is 5.19. The molecular weight excluding hydrogens is 158 g/mol. The van der Waals surface area contributed by atoms with E-state index in [0.717, 1.165) is 11.1 Å². The van der Waals surface area contributed by atoms with Gasteiger partial charge in [0.1, 0.15) is 0 Å². The van der Waals surface area contributed by atoms with Crippen molar-refractivity contribution in [2.24, 2.45) is 5.73 Å². The SMILES string of the molecule is C#Cc1ccc(Cl)c(CN)c1. The Morgan fingerprint density at radius 1 is 1.55 bits per heavy atom. The van der Waals surface area contributed by atoms with Crippen LogP contribution in [-0.2, 0) is 6.54 Å². The average molecular weight is 166 g/mol. The van der Waals surface area contributed by atoms with Crippen LogP contribution in [0.4, 0.5) is 0 Å². The maximum atomic E-state index is 5.80. The van der Waals surface area contributed by atoms with E-state index in [9.17, 15) is 0 Å². The molecular formula is C9H8ClN. The Morgan fingerprint density at radius 3 is 2.82 bits per heavy atom. The van der Waals surface area contributed by atoms with Crippen LogP contribution in [0.3, 0.4) is 0 Å². The van der Waals surface area contributed by atoms with Crippen LogP contribution >= 0.6 is 11.6 Å². The zero-order chi connectivity index (χ0) is 8.27. The molecule has 0 saturated carbocycles. The first-order valence-electron chi connectivity index (χ1n) is 3.23. The number of terminal acetylenes is 1. The third-order valence-corrected chi connectivity index (χ3v) is 1.80. The van der Waals surface area contributed by atoms with E-state index < -0.39 is 0 Å². The van der Waals surface area contributed by atoms with Crippen LogP contribution in [0.2, 0.25) is 5.02 Å². The average Bonchev–Trinajstić information content (AvgIpc) is 2.05. The highest BCUT2D eigenvalue weighted by molar-refractivity contribution is 6.31. The highest BCUT2D eigenvalue weighted by Crippen LogP contribution is 2.16. The van der Waals surface area contributed by atoms with Crippen LogP contribution in [0.5, 0.6) is 0 Å². The normalized spacial score (nSPS) is 9.18. The fourth-order valence-corrected chi connectivity index (χ4v) is 1.02. The van der Waals surface area contributed by atoms with Crippen molar-refractivity contribution < 1.29 is 0 Å². The molecule has 0 aliphatic carbocycles. The zero-order valence-corrected chi connectivity index (χ0v) is 6.73. The van der Waals surface area contributed by atoms with Crippen molar-refractivity contribution in [2.75, 3.05) is 0 Å². The summed E-state index contributed by atoms with van der Waals surface area (Å²) in [6.45, 7) is 0.425. The lowest BCUT2D eigenvalue weighted by Gasteiger charge is -1.99. The van der Waals surface area contributed by atoms with Gasteiger partial charge in [-0.3, -0.25) is 0 Å². The van der Waals surface area contributed by atoms with E-state index in [2.05, 4.69) is 5.92 Å². The van der Waals surface area contributed by atoms with Gasteiger partial charge < -0.3 is 5.73 Å². The summed E-state index contributed by atoms with van der Waals surface area (Å²) in [7, 11) is 0. The quantitative estimate of drug-likeness (QED) is 0.631. The fourth-order valence-electron chi connectivity index (χ4n) is 0.821. The number of benzene rings is 1.